The summed E-state index contributed by atoms with van der Waals surface area (Å²) in [5, 5.41) is 26.8. The topological polar surface area (TPSA) is 235 Å². The number of aliphatic hydroxyl groups excluding tert-OH is 1. The van der Waals surface area contributed by atoms with Crippen molar-refractivity contribution in [3.8, 4) is 0 Å². The Kier molecular flexibility index (Phi) is 13.8. The van der Waals surface area contributed by atoms with E-state index in [-0.39, 0.29) is 24.2 Å². The Hall–Kier alpha value is -2.93. The quantitative estimate of drug-likeness (QED) is 0.0722. The summed E-state index contributed by atoms with van der Waals surface area (Å²) in [5.41, 5.74) is 16.4. The van der Waals surface area contributed by atoms with E-state index in [0.717, 1.165) is 0 Å². The van der Waals surface area contributed by atoms with Crippen LogP contribution in [0.2, 0.25) is 0 Å². The normalized spacial score (nSPS) is 16.4. The van der Waals surface area contributed by atoms with Crippen LogP contribution in [0, 0.1) is 11.8 Å². The Morgan fingerprint density at radius 1 is 0.882 bits per heavy atom. The molecule has 0 aromatic rings. The maximum atomic E-state index is 12.9. The highest BCUT2D eigenvalue weighted by Crippen LogP contribution is 2.10. The van der Waals surface area contributed by atoms with Gasteiger partial charge in [-0.25, -0.2) is 4.79 Å². The van der Waals surface area contributed by atoms with Gasteiger partial charge in [0.05, 0.1) is 12.1 Å². The second-order valence-corrected chi connectivity index (χ2v) is 8.72. The van der Waals surface area contributed by atoms with E-state index in [4.69, 9.17) is 17.2 Å². The summed E-state index contributed by atoms with van der Waals surface area (Å²) in [5.74, 6) is -4.16. The molecule has 0 aromatic heterocycles. The van der Waals surface area contributed by atoms with Crippen LogP contribution in [-0.4, -0.2) is 76.7 Å². The molecule has 0 radical (unpaired) electrons. The summed E-state index contributed by atoms with van der Waals surface area (Å²) >= 11 is 0. The number of nitrogens with one attached hydrogen (secondary N) is 3. The van der Waals surface area contributed by atoms with Crippen LogP contribution < -0.4 is 33.2 Å². The standard InChI is InChI=1S/C21H41N7O6/c1-6-11(4)15(20(33)34)27-19(32)16(12(5)29)28-18(31)14(10(2)3)26-17(30)13(22)8-7-9-25-21(23)24/h10-16,29H,6-9,22H2,1-5H3,(H,26,30)(H,27,32)(H,28,31)(H,33,34)(H4,23,24,25). The molecule has 0 saturated carbocycles. The van der Waals surface area contributed by atoms with Crippen molar-refractivity contribution in [1.29, 1.82) is 0 Å². The average molecular weight is 488 g/mol. The van der Waals surface area contributed by atoms with Gasteiger partial charge in [0.25, 0.3) is 0 Å². The highest BCUT2D eigenvalue weighted by molar-refractivity contribution is 5.94. The zero-order valence-electron chi connectivity index (χ0n) is 20.6. The van der Waals surface area contributed by atoms with Gasteiger partial charge in [0.1, 0.15) is 18.1 Å². The number of nitrogens with two attached hydrogens (primary N) is 3. The van der Waals surface area contributed by atoms with E-state index in [0.29, 0.717) is 19.4 Å². The minimum atomic E-state index is -1.43. The monoisotopic (exact) mass is 487 g/mol. The molecule has 0 aliphatic rings. The van der Waals surface area contributed by atoms with Crippen LogP contribution in [0.1, 0.15) is 53.9 Å². The number of aliphatic carboxylic acids is 1. The lowest BCUT2D eigenvalue weighted by molar-refractivity contribution is -0.144. The molecule has 0 saturated heterocycles. The highest BCUT2D eigenvalue weighted by Gasteiger charge is 2.34. The molecule has 0 heterocycles. The molecule has 196 valence electrons. The first-order valence-corrected chi connectivity index (χ1v) is 11.4. The van der Waals surface area contributed by atoms with E-state index in [9.17, 15) is 29.4 Å². The van der Waals surface area contributed by atoms with Gasteiger partial charge in [0.15, 0.2) is 5.96 Å². The van der Waals surface area contributed by atoms with E-state index < -0.39 is 54.0 Å². The molecular weight excluding hydrogens is 446 g/mol. The third-order valence-corrected chi connectivity index (χ3v) is 5.39. The van der Waals surface area contributed by atoms with Gasteiger partial charge in [0.2, 0.25) is 17.7 Å². The van der Waals surface area contributed by atoms with Gasteiger partial charge in [-0.05, 0) is 31.6 Å². The van der Waals surface area contributed by atoms with Crippen LogP contribution in [0.5, 0.6) is 0 Å². The van der Waals surface area contributed by atoms with Crippen LogP contribution in [0.3, 0.4) is 0 Å². The third kappa shape index (κ3) is 10.8. The van der Waals surface area contributed by atoms with Crippen molar-refractivity contribution in [1.82, 2.24) is 16.0 Å². The van der Waals surface area contributed by atoms with Gasteiger partial charge in [-0.2, -0.15) is 0 Å². The first-order chi connectivity index (χ1) is 15.7. The molecular formula is C21H41N7O6. The number of carbonyl (C=O) groups is 4. The smallest absolute Gasteiger partial charge is 0.326 e. The Morgan fingerprint density at radius 3 is 1.82 bits per heavy atom. The number of carboxylic acids is 1. The Bertz CT molecular complexity index is 724. The molecule has 0 bridgehead atoms. The van der Waals surface area contributed by atoms with E-state index in [1.54, 1.807) is 27.7 Å². The number of amides is 3. The number of rotatable bonds is 15. The van der Waals surface area contributed by atoms with Crippen molar-refractivity contribution in [2.45, 2.75) is 84.2 Å². The lowest BCUT2D eigenvalue weighted by Gasteiger charge is -2.29. The van der Waals surface area contributed by atoms with E-state index in [1.165, 1.54) is 6.92 Å². The van der Waals surface area contributed by atoms with Crippen molar-refractivity contribution in [2.24, 2.45) is 34.0 Å². The molecule has 0 aliphatic carbocycles. The summed E-state index contributed by atoms with van der Waals surface area (Å²) in [4.78, 5) is 53.4. The lowest BCUT2D eigenvalue weighted by atomic mass is 9.98. The molecule has 11 N–H and O–H groups in total. The van der Waals surface area contributed by atoms with E-state index in [2.05, 4.69) is 20.9 Å². The number of hydrogen-bond acceptors (Lipinski definition) is 7. The Labute approximate surface area is 200 Å². The Morgan fingerprint density at radius 2 is 1.38 bits per heavy atom. The maximum Gasteiger partial charge on any atom is 0.326 e. The van der Waals surface area contributed by atoms with Gasteiger partial charge in [-0.3, -0.25) is 19.4 Å². The summed E-state index contributed by atoms with van der Waals surface area (Å²) in [7, 11) is 0. The minimum Gasteiger partial charge on any atom is -0.480 e. The summed E-state index contributed by atoms with van der Waals surface area (Å²) in [6.07, 6.45) is -0.0936. The second kappa shape index (κ2) is 15.1. The molecule has 34 heavy (non-hydrogen) atoms. The van der Waals surface area contributed by atoms with Gasteiger partial charge in [0, 0.05) is 6.54 Å². The first-order valence-electron chi connectivity index (χ1n) is 11.4. The van der Waals surface area contributed by atoms with Gasteiger partial charge < -0.3 is 43.4 Å². The molecule has 0 aromatic carbocycles. The fraction of sp³-hybridized carbons (Fsp3) is 0.762. The highest BCUT2D eigenvalue weighted by atomic mass is 16.4. The van der Waals surface area contributed by atoms with Crippen molar-refractivity contribution < 1.29 is 29.4 Å². The van der Waals surface area contributed by atoms with Crippen molar-refractivity contribution in [2.75, 3.05) is 6.54 Å². The molecule has 6 unspecified atom stereocenters. The maximum absolute atomic E-state index is 12.9. The van der Waals surface area contributed by atoms with Crippen molar-refractivity contribution >= 4 is 29.7 Å². The average Bonchev–Trinajstić information content (AvgIpc) is 2.74. The molecule has 0 fully saturated rings. The van der Waals surface area contributed by atoms with E-state index >= 15 is 0 Å². The number of aliphatic hydroxyl groups is 1. The predicted octanol–water partition coefficient (Wildman–Crippen LogP) is -2.01. The minimum absolute atomic E-state index is 0.0647. The predicted molar refractivity (Wildman–Crippen MR) is 127 cm³/mol. The number of hydrogen-bond donors (Lipinski definition) is 8. The third-order valence-electron chi connectivity index (χ3n) is 5.39. The lowest BCUT2D eigenvalue weighted by Crippen LogP contribution is -2.61. The van der Waals surface area contributed by atoms with Gasteiger partial charge in [-0.1, -0.05) is 34.1 Å². The molecule has 0 rings (SSSR count). The van der Waals surface area contributed by atoms with Gasteiger partial charge in [-0.15, -0.1) is 0 Å². The summed E-state index contributed by atoms with van der Waals surface area (Å²) in [6.45, 7) is 8.42. The molecule has 13 heteroatoms. The zero-order valence-corrected chi connectivity index (χ0v) is 20.6. The fourth-order valence-electron chi connectivity index (χ4n) is 3.02. The van der Waals surface area contributed by atoms with Crippen molar-refractivity contribution in [3.63, 3.8) is 0 Å². The first kappa shape index (κ1) is 31.1. The number of carboxylic acid groups (broad SMARTS) is 1. The second-order valence-electron chi connectivity index (χ2n) is 8.72. The molecule has 3 amide bonds. The van der Waals surface area contributed by atoms with Crippen molar-refractivity contribution in [3.05, 3.63) is 0 Å². The number of guanidine groups is 1. The summed E-state index contributed by atoms with van der Waals surface area (Å²) < 4.78 is 0. The zero-order chi connectivity index (χ0) is 26.6. The van der Waals surface area contributed by atoms with Crippen LogP contribution in [0.15, 0.2) is 4.99 Å². The van der Waals surface area contributed by atoms with Crippen LogP contribution in [-0.2, 0) is 19.2 Å². The number of nitrogens with zero attached hydrogens (tertiary/aromatic N) is 1. The SMILES string of the molecule is CCC(C)C(NC(=O)C(NC(=O)C(NC(=O)C(N)CCCN=C(N)N)C(C)C)C(C)O)C(=O)O. The van der Waals surface area contributed by atoms with Crippen LogP contribution in [0.25, 0.3) is 0 Å². The fourth-order valence-corrected chi connectivity index (χ4v) is 3.02. The Balaban J connectivity index is 5.27. The van der Waals surface area contributed by atoms with Crippen LogP contribution in [0.4, 0.5) is 0 Å². The molecule has 0 spiro atoms. The number of carbonyl (C=O) groups excluding carboxylic acids is 3. The van der Waals surface area contributed by atoms with Gasteiger partial charge >= 0.3 is 5.97 Å². The molecule has 6 atom stereocenters. The number of aliphatic imine (C=N–C) groups is 1. The largest absolute Gasteiger partial charge is 0.480 e. The molecule has 0 aliphatic heterocycles. The summed E-state index contributed by atoms with van der Waals surface area (Å²) in [6, 6.07) is -4.57. The van der Waals surface area contributed by atoms with E-state index in [1.807, 2.05) is 0 Å². The molecule has 13 nitrogen and oxygen atoms in total. The van der Waals surface area contributed by atoms with Crippen LogP contribution >= 0.6 is 0 Å².